The van der Waals surface area contributed by atoms with Crippen LogP contribution in [0.1, 0.15) is 70.1 Å². The van der Waals surface area contributed by atoms with E-state index in [0.29, 0.717) is 0 Å². The van der Waals surface area contributed by atoms with Crippen LogP contribution in [0.25, 0.3) is 16.5 Å². The van der Waals surface area contributed by atoms with E-state index >= 15 is 0 Å². The van der Waals surface area contributed by atoms with Gasteiger partial charge >= 0.3 is 5.97 Å². The average Bonchev–Trinajstić information content (AvgIpc) is 3.54. The fraction of sp³-hybridized carbons (Fsp3) is 0.316. The summed E-state index contributed by atoms with van der Waals surface area (Å²) < 4.78 is 0. The molecule has 3 aromatic carbocycles. The van der Waals surface area contributed by atoms with E-state index in [1.165, 1.54) is 78.6 Å². The van der Waals surface area contributed by atoms with Gasteiger partial charge in [0, 0.05) is 36.6 Å². The van der Waals surface area contributed by atoms with E-state index in [1.807, 2.05) is 35.7 Å². The Morgan fingerprint density at radius 2 is 1.22 bits per heavy atom. The summed E-state index contributed by atoms with van der Waals surface area (Å²) >= 11 is 5.33. The molecule has 0 aliphatic rings. The number of nitrogens with zero attached hydrogens (tertiary/aromatic N) is 2. The number of carboxylic acids is 1. The molecule has 1 N–H and O–H groups in total. The maximum Gasteiger partial charge on any atom is 0.346 e. The van der Waals surface area contributed by atoms with Crippen molar-refractivity contribution in [2.45, 2.75) is 75.0 Å². The number of thiophene rings is 1. The van der Waals surface area contributed by atoms with E-state index in [9.17, 15) is 9.90 Å². The third kappa shape index (κ3) is 10.6. The number of rotatable bonds is 18. The van der Waals surface area contributed by atoms with Gasteiger partial charge in [-0.05, 0) is 109 Å². The molecule has 0 bridgehead atoms. The van der Waals surface area contributed by atoms with Crippen molar-refractivity contribution in [2.24, 2.45) is 0 Å². The SMILES string of the molecule is CCCCCCSc1ccc(N(c2ccc(SCCCCCC)cc2)c2ccc(-c3ccc(/C=C(/C#N)C(=O)O)s3)cc2)cc1. The number of hydrogen-bond donors (Lipinski definition) is 1. The molecule has 1 aromatic heterocycles. The van der Waals surface area contributed by atoms with Crippen LogP contribution >= 0.6 is 34.9 Å². The molecule has 4 rings (SSSR count). The van der Waals surface area contributed by atoms with Crippen LogP contribution in [0.3, 0.4) is 0 Å². The van der Waals surface area contributed by atoms with Gasteiger partial charge in [-0.1, -0.05) is 64.5 Å². The van der Waals surface area contributed by atoms with Gasteiger partial charge in [0.15, 0.2) is 0 Å². The van der Waals surface area contributed by atoms with Crippen LogP contribution in [-0.2, 0) is 4.79 Å². The number of benzene rings is 3. The molecule has 0 radical (unpaired) electrons. The Hall–Kier alpha value is -3.44. The normalized spacial score (nSPS) is 11.4. The lowest BCUT2D eigenvalue weighted by Gasteiger charge is -2.26. The van der Waals surface area contributed by atoms with E-state index in [0.717, 1.165) is 43.9 Å². The Labute approximate surface area is 281 Å². The van der Waals surface area contributed by atoms with Crippen molar-refractivity contribution < 1.29 is 9.90 Å². The molecular formula is C38H42N2O2S3. The fourth-order valence-electron chi connectivity index (χ4n) is 4.91. The monoisotopic (exact) mass is 654 g/mol. The summed E-state index contributed by atoms with van der Waals surface area (Å²) in [6, 6.07) is 31.8. The molecule has 1 heterocycles. The maximum atomic E-state index is 11.3. The highest BCUT2D eigenvalue weighted by Gasteiger charge is 2.14. The number of carboxylic acid groups (broad SMARTS) is 1. The molecule has 45 heavy (non-hydrogen) atoms. The summed E-state index contributed by atoms with van der Waals surface area (Å²) in [5, 5.41) is 18.3. The van der Waals surface area contributed by atoms with Gasteiger partial charge in [-0.25, -0.2) is 4.79 Å². The van der Waals surface area contributed by atoms with Crippen LogP contribution in [0.5, 0.6) is 0 Å². The minimum atomic E-state index is -1.21. The standard InChI is InChI=1S/C38H42N2O2S3/c1-3-5-7-9-25-43-34-19-15-32(16-20-34)40(33-17-21-35(22-18-33)44-26-10-8-6-4-2)31-13-11-29(12-14-31)37-24-23-36(45-37)27-30(28-39)38(41)42/h11-24,27H,3-10,25-26H2,1-2H3,(H,41,42)/b30-27-. The molecule has 7 heteroatoms. The molecule has 0 unspecified atom stereocenters. The first kappa shape index (κ1) is 34.4. The second kappa shape index (κ2) is 18.5. The van der Waals surface area contributed by atoms with Crippen LogP contribution in [0.2, 0.25) is 0 Å². The molecule has 0 atom stereocenters. The molecule has 4 aromatic rings. The molecule has 0 fully saturated rings. The molecule has 0 saturated carbocycles. The lowest BCUT2D eigenvalue weighted by Crippen LogP contribution is -2.09. The van der Waals surface area contributed by atoms with Gasteiger partial charge in [-0.2, -0.15) is 5.26 Å². The zero-order chi connectivity index (χ0) is 31.9. The number of unbranched alkanes of at least 4 members (excludes halogenated alkanes) is 6. The van der Waals surface area contributed by atoms with Gasteiger partial charge in [0.25, 0.3) is 0 Å². The summed E-state index contributed by atoms with van der Waals surface area (Å²) in [7, 11) is 0. The van der Waals surface area contributed by atoms with Crippen molar-refractivity contribution in [1.29, 1.82) is 5.26 Å². The van der Waals surface area contributed by atoms with Crippen molar-refractivity contribution in [1.82, 2.24) is 0 Å². The van der Waals surface area contributed by atoms with Crippen molar-refractivity contribution in [3.8, 4) is 16.5 Å². The number of hydrogen-bond acceptors (Lipinski definition) is 6. The fourth-order valence-corrected chi connectivity index (χ4v) is 7.69. The van der Waals surface area contributed by atoms with Crippen molar-refractivity contribution >= 4 is 64.0 Å². The molecule has 0 aliphatic heterocycles. The predicted molar refractivity (Wildman–Crippen MR) is 195 cm³/mol. The first-order valence-corrected chi connectivity index (χ1v) is 18.6. The number of carbonyl (C=O) groups is 1. The topological polar surface area (TPSA) is 64.3 Å². The number of anilines is 3. The lowest BCUT2D eigenvalue weighted by molar-refractivity contribution is -0.132. The molecule has 0 saturated heterocycles. The van der Waals surface area contributed by atoms with Gasteiger partial charge in [-0.3, -0.25) is 0 Å². The largest absolute Gasteiger partial charge is 0.477 e. The van der Waals surface area contributed by atoms with E-state index in [1.54, 1.807) is 6.07 Å². The van der Waals surface area contributed by atoms with Crippen LogP contribution in [0.15, 0.2) is 100 Å². The summed E-state index contributed by atoms with van der Waals surface area (Å²) in [5.74, 6) is 1.08. The number of nitriles is 1. The molecule has 234 valence electrons. The Kier molecular flexibility index (Phi) is 14.2. The predicted octanol–water partition coefficient (Wildman–Crippen LogP) is 12.2. The first-order chi connectivity index (χ1) is 22.0. The van der Waals surface area contributed by atoms with Gasteiger partial charge in [0.1, 0.15) is 11.6 Å². The minimum Gasteiger partial charge on any atom is -0.477 e. The third-order valence-electron chi connectivity index (χ3n) is 7.40. The summed E-state index contributed by atoms with van der Waals surface area (Å²) in [6.07, 6.45) is 11.7. The number of thioether (sulfide) groups is 2. The van der Waals surface area contributed by atoms with Crippen LogP contribution in [0, 0.1) is 11.3 Å². The minimum absolute atomic E-state index is 0.267. The van der Waals surface area contributed by atoms with E-state index in [-0.39, 0.29) is 5.57 Å². The summed E-state index contributed by atoms with van der Waals surface area (Å²) in [5.41, 5.74) is 4.06. The van der Waals surface area contributed by atoms with Gasteiger partial charge < -0.3 is 10.0 Å². The Bertz CT molecular complexity index is 1500. The van der Waals surface area contributed by atoms with E-state index < -0.39 is 5.97 Å². The Morgan fingerprint density at radius 1 is 0.733 bits per heavy atom. The van der Waals surface area contributed by atoms with Gasteiger partial charge in [-0.15, -0.1) is 34.9 Å². The smallest absolute Gasteiger partial charge is 0.346 e. The molecule has 0 spiro atoms. The summed E-state index contributed by atoms with van der Waals surface area (Å²) in [4.78, 5) is 17.9. The van der Waals surface area contributed by atoms with E-state index in [2.05, 4.69) is 91.5 Å². The Balaban J connectivity index is 1.55. The average molecular weight is 655 g/mol. The number of aliphatic carboxylic acids is 1. The van der Waals surface area contributed by atoms with Crippen LogP contribution in [-0.4, -0.2) is 22.6 Å². The second-order valence-corrected chi connectivity index (χ2v) is 14.3. The van der Waals surface area contributed by atoms with Gasteiger partial charge in [0.05, 0.1) is 0 Å². The maximum absolute atomic E-state index is 11.3. The van der Waals surface area contributed by atoms with Crippen molar-refractivity contribution in [3.05, 3.63) is 95.4 Å². The highest BCUT2D eigenvalue weighted by molar-refractivity contribution is 7.99. The molecule has 4 nitrogen and oxygen atoms in total. The highest BCUT2D eigenvalue weighted by atomic mass is 32.2. The van der Waals surface area contributed by atoms with E-state index in [4.69, 9.17) is 5.26 Å². The summed E-state index contributed by atoms with van der Waals surface area (Å²) in [6.45, 7) is 4.50. The zero-order valence-corrected chi connectivity index (χ0v) is 28.7. The zero-order valence-electron chi connectivity index (χ0n) is 26.2. The quantitative estimate of drug-likeness (QED) is 0.0498. The molecule has 0 amide bonds. The lowest BCUT2D eigenvalue weighted by atomic mass is 10.1. The second-order valence-electron chi connectivity index (χ2n) is 10.9. The molecule has 0 aliphatic carbocycles. The van der Waals surface area contributed by atoms with Crippen LogP contribution in [0.4, 0.5) is 17.1 Å². The van der Waals surface area contributed by atoms with Crippen molar-refractivity contribution in [3.63, 3.8) is 0 Å². The highest BCUT2D eigenvalue weighted by Crippen LogP contribution is 2.38. The van der Waals surface area contributed by atoms with Crippen molar-refractivity contribution in [2.75, 3.05) is 16.4 Å². The first-order valence-electron chi connectivity index (χ1n) is 15.8. The molecular weight excluding hydrogens is 613 g/mol. The van der Waals surface area contributed by atoms with Gasteiger partial charge in [0.2, 0.25) is 0 Å². The van der Waals surface area contributed by atoms with Crippen LogP contribution < -0.4 is 4.90 Å². The third-order valence-corrected chi connectivity index (χ3v) is 10.7. The Morgan fingerprint density at radius 3 is 1.67 bits per heavy atom.